The molecule has 0 aliphatic carbocycles. The predicted molar refractivity (Wildman–Crippen MR) is 66.3 cm³/mol. The number of rotatable bonds is 3. The Morgan fingerprint density at radius 3 is 2.83 bits per heavy atom. The Bertz CT molecular complexity index is 636. The molecule has 0 aliphatic rings. The summed E-state index contributed by atoms with van der Waals surface area (Å²) in [5, 5.41) is 0. The Labute approximate surface area is 104 Å². The van der Waals surface area contributed by atoms with E-state index in [0.29, 0.717) is 17.5 Å². The van der Waals surface area contributed by atoms with Crippen molar-refractivity contribution >= 4 is 17.1 Å². The molecule has 0 spiro atoms. The highest BCUT2D eigenvalue weighted by Crippen LogP contribution is 2.25. The van der Waals surface area contributed by atoms with Gasteiger partial charge in [0, 0.05) is 0 Å². The zero-order chi connectivity index (χ0) is 13.3. The van der Waals surface area contributed by atoms with Crippen molar-refractivity contribution in [1.29, 1.82) is 0 Å². The molecule has 0 aliphatic heterocycles. The SMILES string of the molecule is COC(=O)C(C)(C)Cc1ccc2[nH]c(=O)oc2c1. The van der Waals surface area contributed by atoms with E-state index in [4.69, 9.17) is 9.15 Å². The number of nitrogens with one attached hydrogen (secondary N) is 1. The van der Waals surface area contributed by atoms with Crippen molar-refractivity contribution in [3.8, 4) is 0 Å². The van der Waals surface area contributed by atoms with Crippen LogP contribution in [0, 0.1) is 5.41 Å². The lowest BCUT2D eigenvalue weighted by Gasteiger charge is -2.21. The molecular formula is C13H15NO4. The Hall–Kier alpha value is -2.04. The van der Waals surface area contributed by atoms with Crippen molar-refractivity contribution < 1.29 is 13.9 Å². The smallest absolute Gasteiger partial charge is 0.417 e. The summed E-state index contributed by atoms with van der Waals surface area (Å²) in [6.45, 7) is 3.63. The molecule has 2 rings (SSSR count). The molecule has 0 saturated heterocycles. The van der Waals surface area contributed by atoms with Gasteiger partial charge < -0.3 is 9.15 Å². The third-order valence-corrected chi connectivity index (χ3v) is 2.87. The van der Waals surface area contributed by atoms with E-state index in [1.54, 1.807) is 12.1 Å². The number of ether oxygens (including phenoxy) is 1. The maximum atomic E-state index is 11.6. The summed E-state index contributed by atoms with van der Waals surface area (Å²) < 4.78 is 9.74. The number of fused-ring (bicyclic) bond motifs is 1. The molecule has 0 unspecified atom stereocenters. The molecule has 0 radical (unpaired) electrons. The molecule has 0 fully saturated rings. The molecule has 5 nitrogen and oxygen atoms in total. The van der Waals surface area contributed by atoms with E-state index in [0.717, 1.165) is 5.56 Å². The van der Waals surface area contributed by atoms with Crippen LogP contribution in [0.25, 0.3) is 11.1 Å². The molecule has 0 amide bonds. The van der Waals surface area contributed by atoms with Crippen LogP contribution in [0.2, 0.25) is 0 Å². The van der Waals surface area contributed by atoms with E-state index in [1.165, 1.54) is 7.11 Å². The topological polar surface area (TPSA) is 72.3 Å². The Balaban J connectivity index is 2.32. The van der Waals surface area contributed by atoms with E-state index in [2.05, 4.69) is 4.98 Å². The number of hydrogen-bond donors (Lipinski definition) is 1. The van der Waals surface area contributed by atoms with E-state index in [1.807, 2.05) is 19.9 Å². The fourth-order valence-electron chi connectivity index (χ4n) is 1.96. The molecule has 0 atom stereocenters. The first kappa shape index (κ1) is 12.4. The summed E-state index contributed by atoms with van der Waals surface area (Å²) in [5.41, 5.74) is 1.46. The van der Waals surface area contributed by atoms with Crippen LogP contribution < -0.4 is 5.76 Å². The number of methoxy groups -OCH3 is 1. The fraction of sp³-hybridized carbons (Fsp3) is 0.385. The molecule has 0 saturated carbocycles. The van der Waals surface area contributed by atoms with Crippen LogP contribution in [-0.2, 0) is 16.0 Å². The van der Waals surface area contributed by atoms with Crippen molar-refractivity contribution in [3.63, 3.8) is 0 Å². The van der Waals surface area contributed by atoms with Crippen molar-refractivity contribution in [2.24, 2.45) is 5.41 Å². The molecule has 2 aromatic rings. The van der Waals surface area contributed by atoms with Crippen molar-refractivity contribution in [1.82, 2.24) is 4.98 Å². The minimum absolute atomic E-state index is 0.266. The molecule has 1 heterocycles. The van der Waals surface area contributed by atoms with Crippen LogP contribution in [0.3, 0.4) is 0 Å². The highest BCUT2D eigenvalue weighted by Gasteiger charge is 2.29. The monoisotopic (exact) mass is 249 g/mol. The predicted octanol–water partition coefficient (Wildman–Crippen LogP) is 1.86. The summed E-state index contributed by atoms with van der Waals surface area (Å²) in [6.07, 6.45) is 0.518. The molecular weight excluding hydrogens is 234 g/mol. The summed E-state index contributed by atoms with van der Waals surface area (Å²) >= 11 is 0. The zero-order valence-corrected chi connectivity index (χ0v) is 10.6. The molecule has 5 heteroatoms. The van der Waals surface area contributed by atoms with Crippen LogP contribution in [0.4, 0.5) is 0 Å². The number of aromatic amines is 1. The third kappa shape index (κ3) is 2.30. The average molecular weight is 249 g/mol. The Morgan fingerprint density at radius 2 is 2.17 bits per heavy atom. The lowest BCUT2D eigenvalue weighted by Crippen LogP contribution is -2.27. The van der Waals surface area contributed by atoms with Crippen molar-refractivity contribution in [2.75, 3.05) is 7.11 Å². The van der Waals surface area contributed by atoms with Gasteiger partial charge in [-0.05, 0) is 38.0 Å². The summed E-state index contributed by atoms with van der Waals surface area (Å²) in [6, 6.07) is 5.39. The van der Waals surface area contributed by atoms with Gasteiger partial charge in [0.2, 0.25) is 0 Å². The molecule has 18 heavy (non-hydrogen) atoms. The van der Waals surface area contributed by atoms with E-state index < -0.39 is 11.2 Å². The van der Waals surface area contributed by atoms with E-state index >= 15 is 0 Å². The van der Waals surface area contributed by atoms with Gasteiger partial charge in [0.05, 0.1) is 18.0 Å². The average Bonchev–Trinajstić information content (AvgIpc) is 2.66. The Morgan fingerprint density at radius 1 is 1.44 bits per heavy atom. The maximum absolute atomic E-state index is 11.6. The quantitative estimate of drug-likeness (QED) is 0.843. The second kappa shape index (κ2) is 4.33. The van der Waals surface area contributed by atoms with Gasteiger partial charge in [0.1, 0.15) is 0 Å². The van der Waals surface area contributed by atoms with Crippen LogP contribution >= 0.6 is 0 Å². The van der Waals surface area contributed by atoms with Gasteiger partial charge >= 0.3 is 11.7 Å². The minimum Gasteiger partial charge on any atom is -0.469 e. The van der Waals surface area contributed by atoms with Gasteiger partial charge in [-0.2, -0.15) is 0 Å². The van der Waals surface area contributed by atoms with Gasteiger partial charge in [0.25, 0.3) is 0 Å². The van der Waals surface area contributed by atoms with Gasteiger partial charge in [0.15, 0.2) is 5.58 Å². The van der Waals surface area contributed by atoms with Crippen molar-refractivity contribution in [3.05, 3.63) is 34.3 Å². The van der Waals surface area contributed by atoms with Crippen LogP contribution in [-0.4, -0.2) is 18.1 Å². The normalized spacial score (nSPS) is 11.7. The van der Waals surface area contributed by atoms with Gasteiger partial charge in [-0.15, -0.1) is 0 Å². The fourth-order valence-corrected chi connectivity index (χ4v) is 1.96. The number of benzene rings is 1. The highest BCUT2D eigenvalue weighted by molar-refractivity contribution is 5.77. The van der Waals surface area contributed by atoms with E-state index in [-0.39, 0.29) is 5.97 Å². The molecule has 1 aromatic heterocycles. The summed E-state index contributed by atoms with van der Waals surface area (Å²) in [5.74, 6) is -0.743. The van der Waals surface area contributed by atoms with E-state index in [9.17, 15) is 9.59 Å². The molecule has 1 aromatic carbocycles. The van der Waals surface area contributed by atoms with Gasteiger partial charge in [-0.1, -0.05) is 6.07 Å². The zero-order valence-electron chi connectivity index (χ0n) is 10.6. The van der Waals surface area contributed by atoms with Crippen LogP contribution in [0.15, 0.2) is 27.4 Å². The third-order valence-electron chi connectivity index (χ3n) is 2.87. The number of hydrogen-bond acceptors (Lipinski definition) is 4. The largest absolute Gasteiger partial charge is 0.469 e. The first-order valence-corrected chi connectivity index (χ1v) is 5.62. The number of esters is 1. The standard InChI is InChI=1S/C13H15NO4/c1-13(2,11(15)17-3)7-8-4-5-9-10(6-8)18-12(16)14-9/h4-6H,7H2,1-3H3,(H,14,16). The van der Waals surface area contributed by atoms with Crippen molar-refractivity contribution in [2.45, 2.75) is 20.3 Å². The number of carbonyl (C=O) groups excluding carboxylic acids is 1. The molecule has 0 bridgehead atoms. The minimum atomic E-state index is -0.612. The van der Waals surface area contributed by atoms with Gasteiger partial charge in [-0.3, -0.25) is 9.78 Å². The maximum Gasteiger partial charge on any atom is 0.417 e. The summed E-state index contributed by atoms with van der Waals surface area (Å²) in [7, 11) is 1.37. The highest BCUT2D eigenvalue weighted by atomic mass is 16.5. The number of oxazole rings is 1. The second-order valence-corrected chi connectivity index (χ2v) is 4.90. The number of H-pyrrole nitrogens is 1. The number of carbonyl (C=O) groups is 1. The van der Waals surface area contributed by atoms with Gasteiger partial charge in [-0.25, -0.2) is 4.79 Å². The molecule has 1 N–H and O–H groups in total. The van der Waals surface area contributed by atoms with Crippen LogP contribution in [0.1, 0.15) is 19.4 Å². The first-order chi connectivity index (χ1) is 8.42. The summed E-state index contributed by atoms with van der Waals surface area (Å²) in [4.78, 5) is 25.2. The first-order valence-electron chi connectivity index (χ1n) is 5.62. The number of aromatic nitrogens is 1. The second-order valence-electron chi connectivity index (χ2n) is 4.90. The molecule has 96 valence electrons. The Kier molecular flexibility index (Phi) is 2.98. The van der Waals surface area contributed by atoms with Crippen LogP contribution in [0.5, 0.6) is 0 Å². The lowest BCUT2D eigenvalue weighted by atomic mass is 9.86. The lowest BCUT2D eigenvalue weighted by molar-refractivity contribution is -0.150.